The molecule has 5 heteroatoms. The van der Waals surface area contributed by atoms with E-state index >= 15 is 0 Å². The van der Waals surface area contributed by atoms with Gasteiger partial charge in [-0.2, -0.15) is 0 Å². The smallest absolute Gasteiger partial charge is 0.148 e. The average molecular weight is 1240 g/mol. The van der Waals surface area contributed by atoms with Crippen LogP contribution in [-0.2, 0) is 42.7 Å². The first-order valence-electron chi connectivity index (χ1n) is 38.5. The summed E-state index contributed by atoms with van der Waals surface area (Å²) < 4.78 is 226. The van der Waals surface area contributed by atoms with Crippen molar-refractivity contribution in [2.75, 3.05) is 0 Å². The molecule has 2 heterocycles. The molecule has 0 saturated heterocycles. The Morgan fingerprint density at radius 2 is 1.31 bits per heavy atom. The van der Waals surface area contributed by atoms with Crippen molar-refractivity contribution in [3.8, 4) is 78.6 Å². The van der Waals surface area contributed by atoms with Gasteiger partial charge < -0.3 is 5.11 Å². The Morgan fingerprint density at radius 3 is 1.99 bits per heavy atom. The zero-order valence-corrected chi connectivity index (χ0v) is 47.4. The van der Waals surface area contributed by atoms with E-state index in [4.69, 9.17) is 33.8 Å². The summed E-state index contributed by atoms with van der Waals surface area (Å²) in [5, 5.41) is 13.3. The van der Waals surface area contributed by atoms with Crippen LogP contribution >= 0.6 is 0 Å². The number of rotatable bonds is 8. The molecule has 0 aliphatic heterocycles. The van der Waals surface area contributed by atoms with E-state index in [1.807, 2.05) is 53.7 Å². The van der Waals surface area contributed by atoms with Crippen molar-refractivity contribution in [2.45, 2.75) is 157 Å². The number of imidazole rings is 1. The van der Waals surface area contributed by atoms with Gasteiger partial charge in [0.05, 0.1) is 26.4 Å². The van der Waals surface area contributed by atoms with Crippen molar-refractivity contribution in [3.63, 3.8) is 0 Å². The minimum Gasteiger partial charge on any atom is -0.507 e. The number of nitrogens with zero attached hydrogens (tertiary/aromatic N) is 3. The number of hydrogen-bond donors (Lipinski definition) is 1. The predicted molar refractivity (Wildman–Crippen MR) is 327 cm³/mol. The molecule has 0 radical (unpaired) electrons. The Kier molecular flexibility index (Phi) is 8.81. The second-order valence-corrected chi connectivity index (χ2v) is 23.4. The Bertz CT molecular complexity index is 4560. The second kappa shape index (κ2) is 21.0. The largest absolute Gasteiger partial charge is 0.507 e. The molecule has 9 aromatic rings. The summed E-state index contributed by atoms with van der Waals surface area (Å²) in [6.07, 6.45) is 4.11. The molecule has 404 valence electrons. The Balaban J connectivity index is 0.0000123. The normalized spacial score (nSPS) is 20.6. The van der Waals surface area contributed by atoms with Gasteiger partial charge in [-0.1, -0.05) is 211 Å². The zero-order valence-electron chi connectivity index (χ0n) is 70.1. The number of fused-ring (bicyclic) bond motifs is 1. The monoisotopic (exact) mass is 1230 g/mol. The van der Waals surface area contributed by atoms with Crippen LogP contribution in [0, 0.1) is 18.3 Å². The van der Waals surface area contributed by atoms with Gasteiger partial charge in [-0.15, -0.1) is 29.3 Å². The Morgan fingerprint density at radius 1 is 0.628 bits per heavy atom. The number of aryl methyl sites for hydroxylation is 1. The number of aromatic nitrogens is 3. The van der Waals surface area contributed by atoms with Crippen molar-refractivity contribution in [1.29, 1.82) is 0 Å². The van der Waals surface area contributed by atoms with E-state index in [0.717, 1.165) is 18.4 Å². The summed E-state index contributed by atoms with van der Waals surface area (Å²) in [5.41, 5.74) is -8.39. The van der Waals surface area contributed by atoms with Gasteiger partial charge in [-0.05, 0) is 146 Å². The van der Waals surface area contributed by atoms with Crippen molar-refractivity contribution < 1.29 is 60.4 Å². The first-order valence-corrected chi connectivity index (χ1v) is 26.0. The van der Waals surface area contributed by atoms with Crippen molar-refractivity contribution in [1.82, 2.24) is 14.5 Å². The van der Waals surface area contributed by atoms with Crippen LogP contribution in [0.2, 0.25) is 0 Å². The molecule has 0 bridgehead atoms. The van der Waals surface area contributed by atoms with Crippen LogP contribution < -0.4 is 0 Å². The van der Waals surface area contributed by atoms with E-state index in [9.17, 15) is 10.6 Å². The third kappa shape index (κ3) is 11.4. The number of pyridine rings is 1. The molecule has 0 unspecified atom stereocenters. The molecule has 1 N–H and O–H groups in total. The summed E-state index contributed by atoms with van der Waals surface area (Å²) in [6.45, 7) is -12.0. The first-order chi connectivity index (χ1) is 46.6. The molecule has 4 nitrogen and oxygen atoms in total. The molecule has 1 fully saturated rings. The van der Waals surface area contributed by atoms with Gasteiger partial charge in [0, 0.05) is 74.2 Å². The molecule has 0 amide bonds. The summed E-state index contributed by atoms with van der Waals surface area (Å²) in [4.78, 5) is 9.81. The van der Waals surface area contributed by atoms with E-state index < -0.39 is 110 Å². The Labute approximate surface area is 516 Å². The maximum absolute atomic E-state index is 13.3. The number of phenolic OH excluding ortho intramolecular Hbond substituents is 1. The number of aromatic hydroxyl groups is 1. The summed E-state index contributed by atoms with van der Waals surface area (Å²) >= 11 is 0. The van der Waals surface area contributed by atoms with Crippen LogP contribution in [0.5, 0.6) is 5.75 Å². The minimum absolute atomic E-state index is 0. The molecular weight excluding hydrogens is 1130 g/mol. The van der Waals surface area contributed by atoms with Crippen LogP contribution in [0.15, 0.2) is 152 Å². The maximum atomic E-state index is 13.3. The number of hydrogen-bond acceptors (Lipinski definition) is 3. The maximum Gasteiger partial charge on any atom is 0.148 e. The van der Waals surface area contributed by atoms with Crippen LogP contribution in [0.4, 0.5) is 0 Å². The predicted octanol–water partition coefficient (Wildman–Crippen LogP) is 20.1. The van der Waals surface area contributed by atoms with E-state index in [1.165, 1.54) is 10.8 Å². The third-order valence-corrected chi connectivity index (χ3v) is 15.0. The second-order valence-electron chi connectivity index (χ2n) is 23.4. The molecule has 0 atom stereocenters. The minimum atomic E-state index is -4.30. The molecule has 78 heavy (non-hydrogen) atoms. The molecule has 0 spiro atoms. The first kappa shape index (κ1) is 32.7. The van der Waals surface area contributed by atoms with Gasteiger partial charge >= 0.3 is 0 Å². The summed E-state index contributed by atoms with van der Waals surface area (Å²) in [7, 11) is 0. The molecular formula is C73H80N3OPt-. The van der Waals surface area contributed by atoms with Crippen molar-refractivity contribution >= 4 is 11.0 Å². The molecule has 10 rings (SSSR count). The van der Waals surface area contributed by atoms with Crippen molar-refractivity contribution in [3.05, 3.63) is 191 Å². The molecule has 1 aliphatic carbocycles. The standard InChI is InChI=1S/C73H80N3O.Pt/c1-46-38-51(48-32-35-73(14,15)36-33-48)28-30-58(46)50-26-24-47(25-27-50)52-34-37-74-63(42-52)54-39-53(40-56(41-54)70(5,6)7)59-22-19-23-65-66(59)75-68(61-44-57(71(8,9)10)45-62(67(61)77)72(11,12)13)76(65)64-31-29-55(69(2,3)4)43-60(64)49-20-17-16-18-21-49;/h16-31,34,37-38,40-45,48,77H,32-33,35-36H2,1-15H3;/q-1;/i1D3,8D3,9D3,10D3,11D3,12D3,13D3,34D,42D,44D,48D;. The van der Waals surface area contributed by atoms with Crippen molar-refractivity contribution in [2.24, 2.45) is 5.41 Å². The Hall–Kier alpha value is -6.35. The van der Waals surface area contributed by atoms with Gasteiger partial charge in [0.15, 0.2) is 0 Å². The summed E-state index contributed by atoms with van der Waals surface area (Å²) in [6, 6.07) is 36.3. The van der Waals surface area contributed by atoms with Crippen LogP contribution in [-0.4, -0.2) is 19.6 Å². The fourth-order valence-electron chi connectivity index (χ4n) is 10.3. The number of phenols is 1. The third-order valence-electron chi connectivity index (χ3n) is 15.0. The quantitative estimate of drug-likeness (QED) is 0.154. The van der Waals surface area contributed by atoms with Crippen LogP contribution in [0.3, 0.4) is 0 Å². The fourth-order valence-corrected chi connectivity index (χ4v) is 10.3. The van der Waals surface area contributed by atoms with Gasteiger partial charge in [-0.25, -0.2) is 4.98 Å². The van der Waals surface area contributed by atoms with Gasteiger partial charge in [-0.3, -0.25) is 9.55 Å². The van der Waals surface area contributed by atoms with E-state index in [-0.39, 0.29) is 94.9 Å². The van der Waals surface area contributed by atoms with E-state index in [2.05, 4.69) is 24.9 Å². The van der Waals surface area contributed by atoms with Gasteiger partial charge in [0.1, 0.15) is 11.6 Å². The van der Waals surface area contributed by atoms with E-state index in [1.54, 1.807) is 109 Å². The van der Waals surface area contributed by atoms with Crippen LogP contribution in [0.25, 0.3) is 83.9 Å². The fraction of sp³-hybridized carbons (Fsp3) is 0.342. The molecule has 7 aromatic carbocycles. The number of para-hydroxylation sites is 1. The molecule has 1 aliphatic rings. The summed E-state index contributed by atoms with van der Waals surface area (Å²) in [5.74, 6) is -3.21. The average Bonchev–Trinajstić information content (AvgIpc) is 1.14. The van der Waals surface area contributed by atoms with Crippen LogP contribution in [0.1, 0.15) is 196 Å². The van der Waals surface area contributed by atoms with E-state index in [0.29, 0.717) is 51.8 Å². The van der Waals surface area contributed by atoms with Gasteiger partial charge in [0.2, 0.25) is 0 Å². The molecule has 1 saturated carbocycles. The zero-order chi connectivity index (χ0) is 76.0. The SMILES string of the molecule is [2H]c1cnc(-c2[c-]c(-c3cccc4c3nc(-c3c([2H])c(C(C([2H])([2H])[2H])(C([2H])([2H])[2H])C([2H])([2H])[2H])cc(C(C([2H])([2H])[2H])(C([2H])([2H])[2H])C([2H])([2H])[2H])c3O)n4-c3ccc(C(C)(C)C)cc3-c3ccccc3)cc(C(C)(C)C)c2)c([2H])c1-c1ccc(-c2ccc(C3([2H])CCC(C)(C)CC3)cc2C([2H])([2H])[2H])cc1.[Pt]. The topological polar surface area (TPSA) is 50.9 Å². The number of benzene rings is 7. The molecule has 2 aromatic heterocycles. The van der Waals surface area contributed by atoms with Gasteiger partial charge in [0.25, 0.3) is 0 Å².